The van der Waals surface area contributed by atoms with Crippen molar-refractivity contribution < 1.29 is 5.11 Å². The second-order valence-electron chi connectivity index (χ2n) is 6.66. The molecule has 2 aliphatic carbocycles. The van der Waals surface area contributed by atoms with Crippen molar-refractivity contribution in [1.82, 2.24) is 4.90 Å². The van der Waals surface area contributed by atoms with Crippen LogP contribution in [0.25, 0.3) is 0 Å². The minimum absolute atomic E-state index is 0.393. The van der Waals surface area contributed by atoms with E-state index in [4.69, 9.17) is 0 Å². The quantitative estimate of drug-likeness (QED) is 0.752. The van der Waals surface area contributed by atoms with E-state index in [9.17, 15) is 10.4 Å². The highest BCUT2D eigenvalue weighted by Gasteiger charge is 2.64. The molecule has 5 atom stereocenters. The van der Waals surface area contributed by atoms with Crippen molar-refractivity contribution >= 4 is 0 Å². The summed E-state index contributed by atoms with van der Waals surface area (Å²) in [7, 11) is 2.06. The van der Waals surface area contributed by atoms with Gasteiger partial charge in [0, 0.05) is 12.6 Å². The molecule has 0 amide bonds. The molecule has 3 rings (SSSR count). The van der Waals surface area contributed by atoms with Crippen LogP contribution in [-0.4, -0.2) is 35.2 Å². The molecule has 2 saturated carbocycles. The Labute approximate surface area is 103 Å². The van der Waals surface area contributed by atoms with Gasteiger partial charge in [-0.05, 0) is 51.5 Å². The molecule has 3 fully saturated rings. The summed E-state index contributed by atoms with van der Waals surface area (Å²) < 4.78 is 0. The smallest absolute Gasteiger partial charge is 0.0976 e. The van der Waals surface area contributed by atoms with Crippen molar-refractivity contribution in [1.29, 1.82) is 5.26 Å². The minimum Gasteiger partial charge on any atom is -0.387 e. The number of nitrogens with zero attached hydrogens (tertiary/aromatic N) is 2. The van der Waals surface area contributed by atoms with Crippen molar-refractivity contribution in [2.24, 2.45) is 17.3 Å². The molecule has 1 aliphatic heterocycles. The first-order valence-corrected chi connectivity index (χ1v) is 6.85. The van der Waals surface area contributed by atoms with Crippen molar-refractivity contribution in [2.45, 2.75) is 50.7 Å². The summed E-state index contributed by atoms with van der Waals surface area (Å²) in [6, 6.07) is 2.95. The summed E-state index contributed by atoms with van der Waals surface area (Å²) in [6.07, 6.45) is 5.30. The standard InChI is InChI=1S/C14H22N2O/c1-10-6-14(17,9-16(10)2)13(8-15)7-11-3-4-12(13)5-11/h10-12,17H,3-7,9H2,1-2H3. The van der Waals surface area contributed by atoms with Crippen LogP contribution in [0.5, 0.6) is 0 Å². The monoisotopic (exact) mass is 234 g/mol. The van der Waals surface area contributed by atoms with Crippen LogP contribution in [0.2, 0.25) is 0 Å². The minimum atomic E-state index is -0.768. The summed E-state index contributed by atoms with van der Waals surface area (Å²) in [5.74, 6) is 1.14. The highest BCUT2D eigenvalue weighted by Crippen LogP contribution is 2.62. The number of nitriles is 1. The molecule has 2 bridgehead atoms. The number of likely N-dealkylation sites (tertiary alicyclic amines) is 1. The Kier molecular flexibility index (Phi) is 2.34. The van der Waals surface area contributed by atoms with E-state index >= 15 is 0 Å². The van der Waals surface area contributed by atoms with E-state index < -0.39 is 11.0 Å². The fraction of sp³-hybridized carbons (Fsp3) is 0.929. The fourth-order valence-electron chi connectivity index (χ4n) is 4.74. The van der Waals surface area contributed by atoms with E-state index in [0.717, 1.165) is 19.3 Å². The van der Waals surface area contributed by atoms with Crippen molar-refractivity contribution in [3.05, 3.63) is 0 Å². The topological polar surface area (TPSA) is 47.3 Å². The van der Waals surface area contributed by atoms with Crippen LogP contribution >= 0.6 is 0 Å². The maximum Gasteiger partial charge on any atom is 0.0976 e. The van der Waals surface area contributed by atoms with E-state index in [1.807, 2.05) is 0 Å². The highest BCUT2D eigenvalue weighted by atomic mass is 16.3. The first-order valence-electron chi connectivity index (χ1n) is 6.85. The molecule has 5 unspecified atom stereocenters. The van der Waals surface area contributed by atoms with Gasteiger partial charge >= 0.3 is 0 Å². The summed E-state index contributed by atoms with van der Waals surface area (Å²) in [4.78, 5) is 2.20. The Morgan fingerprint density at radius 2 is 2.12 bits per heavy atom. The number of aliphatic hydroxyl groups is 1. The van der Waals surface area contributed by atoms with Gasteiger partial charge in [-0.25, -0.2) is 0 Å². The zero-order chi connectivity index (χ0) is 12.3. The third-order valence-corrected chi connectivity index (χ3v) is 5.78. The lowest BCUT2D eigenvalue weighted by atomic mass is 9.62. The molecule has 3 heteroatoms. The Balaban J connectivity index is 1.95. The van der Waals surface area contributed by atoms with Gasteiger partial charge in [0.2, 0.25) is 0 Å². The maximum absolute atomic E-state index is 11.0. The van der Waals surface area contributed by atoms with Gasteiger partial charge < -0.3 is 10.0 Å². The molecule has 3 aliphatic rings. The van der Waals surface area contributed by atoms with E-state index in [1.54, 1.807) is 0 Å². The molecule has 1 N–H and O–H groups in total. The van der Waals surface area contributed by atoms with E-state index in [2.05, 4.69) is 24.9 Å². The molecule has 0 aromatic rings. The van der Waals surface area contributed by atoms with Gasteiger partial charge in [0.1, 0.15) is 0 Å². The average Bonchev–Trinajstić information content (AvgIpc) is 2.93. The molecule has 1 saturated heterocycles. The lowest BCUT2D eigenvalue weighted by Crippen LogP contribution is -2.52. The SMILES string of the molecule is CC1CC(O)(C2(C#N)CC3CCC2C3)CN1C. The van der Waals surface area contributed by atoms with E-state index in [-0.39, 0.29) is 0 Å². The lowest BCUT2D eigenvalue weighted by molar-refractivity contribution is -0.0718. The number of fused-ring (bicyclic) bond motifs is 2. The van der Waals surface area contributed by atoms with Crippen molar-refractivity contribution in [2.75, 3.05) is 13.6 Å². The van der Waals surface area contributed by atoms with Gasteiger partial charge in [0.15, 0.2) is 0 Å². The Morgan fingerprint density at radius 1 is 1.35 bits per heavy atom. The number of hydrogen-bond donors (Lipinski definition) is 1. The normalized spacial score (nSPS) is 54.1. The molecule has 0 radical (unpaired) electrons. The fourth-order valence-corrected chi connectivity index (χ4v) is 4.74. The molecule has 94 valence electrons. The maximum atomic E-state index is 11.0. The van der Waals surface area contributed by atoms with Gasteiger partial charge in [-0.1, -0.05) is 6.42 Å². The lowest BCUT2D eigenvalue weighted by Gasteiger charge is -2.43. The Morgan fingerprint density at radius 3 is 2.53 bits per heavy atom. The van der Waals surface area contributed by atoms with Crippen LogP contribution in [0.15, 0.2) is 0 Å². The van der Waals surface area contributed by atoms with Crippen molar-refractivity contribution in [3.63, 3.8) is 0 Å². The summed E-state index contributed by atoms with van der Waals surface area (Å²) in [5.41, 5.74) is -1.22. The Bertz CT molecular complexity index is 365. The molecule has 0 spiro atoms. The number of rotatable bonds is 1. The zero-order valence-electron chi connectivity index (χ0n) is 10.8. The number of likely N-dealkylation sites (N-methyl/N-ethyl adjacent to an activating group) is 1. The third-order valence-electron chi connectivity index (χ3n) is 5.78. The molecule has 3 nitrogen and oxygen atoms in total. The van der Waals surface area contributed by atoms with Crippen LogP contribution in [0.1, 0.15) is 39.0 Å². The average molecular weight is 234 g/mol. The van der Waals surface area contributed by atoms with Gasteiger partial charge in [0.05, 0.1) is 17.1 Å². The van der Waals surface area contributed by atoms with Crippen LogP contribution in [-0.2, 0) is 0 Å². The number of β-amino-alcohol motifs (C(OH)–C–C–N with tert-alkyl or cyclic N) is 1. The van der Waals surface area contributed by atoms with Crippen LogP contribution < -0.4 is 0 Å². The third kappa shape index (κ3) is 1.34. The van der Waals surface area contributed by atoms with Crippen molar-refractivity contribution in [3.8, 4) is 6.07 Å². The van der Waals surface area contributed by atoms with Gasteiger partial charge in [-0.15, -0.1) is 0 Å². The summed E-state index contributed by atoms with van der Waals surface area (Å²) in [6.45, 7) is 2.82. The predicted octanol–water partition coefficient (Wildman–Crippen LogP) is 1.77. The van der Waals surface area contributed by atoms with E-state index in [0.29, 0.717) is 24.4 Å². The first kappa shape index (κ1) is 11.5. The van der Waals surface area contributed by atoms with Crippen LogP contribution in [0.4, 0.5) is 0 Å². The molecular weight excluding hydrogens is 212 g/mol. The predicted molar refractivity (Wildman–Crippen MR) is 65.2 cm³/mol. The van der Waals surface area contributed by atoms with Crippen LogP contribution in [0.3, 0.4) is 0 Å². The summed E-state index contributed by atoms with van der Waals surface area (Å²) in [5, 5.41) is 20.7. The first-order chi connectivity index (χ1) is 8.01. The Hall–Kier alpha value is -0.590. The van der Waals surface area contributed by atoms with Gasteiger partial charge in [-0.2, -0.15) is 5.26 Å². The molecule has 0 aromatic carbocycles. The molecule has 0 aromatic heterocycles. The molecule has 1 heterocycles. The number of hydrogen-bond acceptors (Lipinski definition) is 3. The molecular formula is C14H22N2O. The van der Waals surface area contributed by atoms with E-state index in [1.165, 1.54) is 12.8 Å². The highest BCUT2D eigenvalue weighted by molar-refractivity contribution is 5.22. The van der Waals surface area contributed by atoms with Gasteiger partial charge in [-0.3, -0.25) is 0 Å². The largest absolute Gasteiger partial charge is 0.387 e. The van der Waals surface area contributed by atoms with Gasteiger partial charge in [0.25, 0.3) is 0 Å². The van der Waals surface area contributed by atoms with Crippen LogP contribution in [0, 0.1) is 28.6 Å². The summed E-state index contributed by atoms with van der Waals surface area (Å²) >= 11 is 0. The molecule has 17 heavy (non-hydrogen) atoms. The second-order valence-corrected chi connectivity index (χ2v) is 6.66. The second kappa shape index (κ2) is 3.46. The zero-order valence-corrected chi connectivity index (χ0v) is 10.8.